The van der Waals surface area contributed by atoms with Gasteiger partial charge in [-0.05, 0) is 12.1 Å². The molecule has 0 atom stereocenters. The van der Waals surface area contributed by atoms with Gasteiger partial charge in [0.05, 0.1) is 11.9 Å². The second-order valence-corrected chi connectivity index (χ2v) is 5.91. The van der Waals surface area contributed by atoms with Crippen molar-refractivity contribution in [3.8, 4) is 11.3 Å². The van der Waals surface area contributed by atoms with E-state index in [4.69, 9.17) is 21.1 Å². The maximum atomic E-state index is 9.09. The molecule has 6 nitrogen and oxygen atoms in total. The van der Waals surface area contributed by atoms with Crippen molar-refractivity contribution in [1.82, 2.24) is 19.7 Å². The van der Waals surface area contributed by atoms with Crippen molar-refractivity contribution in [1.29, 1.82) is 0 Å². The van der Waals surface area contributed by atoms with Crippen LogP contribution in [-0.2, 0) is 19.4 Å². The summed E-state index contributed by atoms with van der Waals surface area (Å²) in [5.74, 6) is 2.31. The molecule has 1 aromatic carbocycles. The lowest BCUT2D eigenvalue weighted by atomic mass is 10.2. The van der Waals surface area contributed by atoms with Crippen molar-refractivity contribution in [2.45, 2.75) is 17.5 Å². The summed E-state index contributed by atoms with van der Waals surface area (Å²) in [6.07, 6.45) is 1.68. The highest BCUT2D eigenvalue weighted by Crippen LogP contribution is 2.26. The average molecular weight is 337 g/mol. The SMILES string of the molecule is Cn1c(CO)nnc1SCc1ncc(-c2cccc(Cl)c2)o1. The molecule has 0 unspecified atom stereocenters. The topological polar surface area (TPSA) is 77.0 Å². The molecule has 3 rings (SSSR count). The molecule has 0 radical (unpaired) electrons. The first-order valence-electron chi connectivity index (χ1n) is 6.50. The number of thioether (sulfide) groups is 1. The van der Waals surface area contributed by atoms with Crippen LogP contribution in [0.4, 0.5) is 0 Å². The standard InChI is InChI=1S/C14H13ClN4O2S/c1-19-12(7-20)17-18-14(19)22-8-13-16-6-11(21-13)9-3-2-4-10(15)5-9/h2-6,20H,7-8H2,1H3. The molecule has 8 heteroatoms. The van der Waals surface area contributed by atoms with Gasteiger partial charge >= 0.3 is 0 Å². The van der Waals surface area contributed by atoms with Crippen LogP contribution in [0.1, 0.15) is 11.7 Å². The Bertz CT molecular complexity index is 787. The molecule has 0 aliphatic rings. The largest absolute Gasteiger partial charge is 0.440 e. The molecule has 2 heterocycles. The Morgan fingerprint density at radius 2 is 2.23 bits per heavy atom. The number of nitrogens with zero attached hydrogens (tertiary/aromatic N) is 4. The second kappa shape index (κ2) is 6.51. The second-order valence-electron chi connectivity index (χ2n) is 4.53. The normalized spacial score (nSPS) is 11.0. The summed E-state index contributed by atoms with van der Waals surface area (Å²) in [6, 6.07) is 7.42. The number of halogens is 1. The van der Waals surface area contributed by atoms with Crippen LogP contribution >= 0.6 is 23.4 Å². The minimum Gasteiger partial charge on any atom is -0.440 e. The molecule has 22 heavy (non-hydrogen) atoms. The van der Waals surface area contributed by atoms with E-state index in [9.17, 15) is 0 Å². The van der Waals surface area contributed by atoms with Crippen LogP contribution in [0.5, 0.6) is 0 Å². The van der Waals surface area contributed by atoms with Gasteiger partial charge in [0.25, 0.3) is 0 Å². The third kappa shape index (κ3) is 3.16. The van der Waals surface area contributed by atoms with Crippen LogP contribution in [0.3, 0.4) is 0 Å². The highest BCUT2D eigenvalue weighted by Gasteiger charge is 2.11. The maximum absolute atomic E-state index is 9.09. The Labute approximate surface area is 136 Å². The van der Waals surface area contributed by atoms with Crippen molar-refractivity contribution in [2.24, 2.45) is 7.05 Å². The Kier molecular flexibility index (Phi) is 4.47. The smallest absolute Gasteiger partial charge is 0.205 e. The van der Waals surface area contributed by atoms with Crippen LogP contribution in [0.25, 0.3) is 11.3 Å². The zero-order chi connectivity index (χ0) is 15.5. The molecule has 2 aromatic heterocycles. The summed E-state index contributed by atoms with van der Waals surface area (Å²) in [4.78, 5) is 4.26. The molecule has 3 aromatic rings. The molecule has 0 amide bonds. The van der Waals surface area contributed by atoms with Crippen LogP contribution in [0.2, 0.25) is 5.02 Å². The summed E-state index contributed by atoms with van der Waals surface area (Å²) in [5, 5.41) is 18.3. The minimum absolute atomic E-state index is 0.137. The van der Waals surface area contributed by atoms with Gasteiger partial charge < -0.3 is 14.1 Å². The first-order chi connectivity index (χ1) is 10.7. The molecular weight excluding hydrogens is 324 g/mol. The number of aliphatic hydroxyl groups excluding tert-OH is 1. The van der Waals surface area contributed by atoms with Crippen molar-refractivity contribution < 1.29 is 9.52 Å². The van der Waals surface area contributed by atoms with E-state index in [1.54, 1.807) is 17.8 Å². The molecule has 0 saturated carbocycles. The van der Waals surface area contributed by atoms with Gasteiger partial charge in [-0.2, -0.15) is 0 Å². The first kappa shape index (κ1) is 15.1. The molecule has 0 spiro atoms. The number of aromatic nitrogens is 4. The highest BCUT2D eigenvalue weighted by molar-refractivity contribution is 7.98. The first-order valence-corrected chi connectivity index (χ1v) is 7.86. The van der Waals surface area contributed by atoms with Gasteiger partial charge in [0.2, 0.25) is 5.89 Å². The van der Waals surface area contributed by atoms with Gasteiger partial charge in [0.1, 0.15) is 6.61 Å². The Balaban J connectivity index is 1.70. The van der Waals surface area contributed by atoms with E-state index in [2.05, 4.69) is 15.2 Å². The summed E-state index contributed by atoms with van der Waals surface area (Å²) in [6.45, 7) is -0.137. The van der Waals surface area contributed by atoms with E-state index in [0.717, 1.165) is 5.56 Å². The number of rotatable bonds is 5. The van der Waals surface area contributed by atoms with E-state index in [0.29, 0.717) is 33.4 Å². The number of oxazole rings is 1. The Morgan fingerprint density at radius 1 is 1.36 bits per heavy atom. The predicted molar refractivity (Wildman–Crippen MR) is 83.4 cm³/mol. The predicted octanol–water partition coefficient (Wildman–Crippen LogP) is 2.91. The minimum atomic E-state index is -0.137. The zero-order valence-electron chi connectivity index (χ0n) is 11.7. The Morgan fingerprint density at radius 3 is 2.95 bits per heavy atom. The van der Waals surface area contributed by atoms with Crippen molar-refractivity contribution in [2.75, 3.05) is 0 Å². The van der Waals surface area contributed by atoms with Crippen molar-refractivity contribution in [3.05, 3.63) is 47.2 Å². The Hall–Kier alpha value is -1.83. The van der Waals surface area contributed by atoms with Crippen LogP contribution in [-0.4, -0.2) is 24.9 Å². The van der Waals surface area contributed by atoms with Gasteiger partial charge in [-0.3, -0.25) is 0 Å². The van der Waals surface area contributed by atoms with Gasteiger partial charge in [-0.1, -0.05) is 35.5 Å². The molecule has 0 saturated heterocycles. The molecule has 0 aliphatic heterocycles. The van der Waals surface area contributed by atoms with Gasteiger partial charge in [0.15, 0.2) is 16.7 Å². The van der Waals surface area contributed by atoms with Crippen LogP contribution < -0.4 is 0 Å². The lowest BCUT2D eigenvalue weighted by Gasteiger charge is -2.00. The van der Waals surface area contributed by atoms with Gasteiger partial charge in [0, 0.05) is 17.6 Å². The fourth-order valence-corrected chi connectivity index (χ4v) is 2.86. The summed E-state index contributed by atoms with van der Waals surface area (Å²) in [7, 11) is 1.81. The molecular formula is C14H13ClN4O2S. The van der Waals surface area contributed by atoms with E-state index < -0.39 is 0 Å². The van der Waals surface area contributed by atoms with Crippen molar-refractivity contribution in [3.63, 3.8) is 0 Å². The third-order valence-corrected chi connectivity index (χ3v) is 4.29. The van der Waals surface area contributed by atoms with Crippen molar-refractivity contribution >= 4 is 23.4 Å². The molecule has 0 bridgehead atoms. The zero-order valence-corrected chi connectivity index (χ0v) is 13.3. The number of aliphatic hydroxyl groups is 1. The molecule has 0 aliphatic carbocycles. The molecule has 1 N–H and O–H groups in total. The lowest BCUT2D eigenvalue weighted by Crippen LogP contribution is -1.98. The highest BCUT2D eigenvalue weighted by atomic mass is 35.5. The summed E-state index contributed by atoms with van der Waals surface area (Å²) < 4.78 is 7.46. The fraction of sp³-hybridized carbons (Fsp3) is 0.214. The van der Waals surface area contributed by atoms with E-state index in [1.807, 2.05) is 24.3 Å². The average Bonchev–Trinajstić information content (AvgIpc) is 3.12. The monoisotopic (exact) mass is 336 g/mol. The fourth-order valence-electron chi connectivity index (χ4n) is 1.89. The maximum Gasteiger partial charge on any atom is 0.205 e. The van der Waals surface area contributed by atoms with Gasteiger partial charge in [-0.25, -0.2) is 4.98 Å². The third-order valence-electron chi connectivity index (χ3n) is 3.05. The summed E-state index contributed by atoms with van der Waals surface area (Å²) in [5.41, 5.74) is 0.887. The van der Waals surface area contributed by atoms with Crippen LogP contribution in [0.15, 0.2) is 40.0 Å². The molecule has 114 valence electrons. The number of benzene rings is 1. The number of hydrogen-bond donors (Lipinski definition) is 1. The van der Waals surface area contributed by atoms with E-state index >= 15 is 0 Å². The van der Waals surface area contributed by atoms with E-state index in [1.165, 1.54) is 11.8 Å². The van der Waals surface area contributed by atoms with Crippen LogP contribution in [0, 0.1) is 0 Å². The summed E-state index contributed by atoms with van der Waals surface area (Å²) >= 11 is 7.42. The van der Waals surface area contributed by atoms with E-state index in [-0.39, 0.29) is 6.61 Å². The lowest BCUT2D eigenvalue weighted by molar-refractivity contribution is 0.266. The quantitative estimate of drug-likeness (QED) is 0.722. The molecule has 0 fully saturated rings. The number of hydrogen-bond acceptors (Lipinski definition) is 6. The van der Waals surface area contributed by atoms with Gasteiger partial charge in [-0.15, -0.1) is 10.2 Å².